The Balaban J connectivity index is 1.63. The highest BCUT2D eigenvalue weighted by molar-refractivity contribution is 6.30. The zero-order chi connectivity index (χ0) is 16.7. The number of halogens is 1. The van der Waals surface area contributed by atoms with Crippen LogP contribution in [-0.2, 0) is 13.0 Å². The molecule has 0 unspecified atom stereocenters. The number of nitrogens with zero attached hydrogens (tertiary/aromatic N) is 3. The number of hydrogen-bond donors (Lipinski definition) is 1. The first-order valence-electron chi connectivity index (χ1n) is 8.76. The Kier molecular flexibility index (Phi) is 4.09. The van der Waals surface area contributed by atoms with E-state index < -0.39 is 0 Å². The van der Waals surface area contributed by atoms with E-state index in [1.807, 2.05) is 6.07 Å². The van der Waals surface area contributed by atoms with Crippen molar-refractivity contribution in [1.82, 2.24) is 9.97 Å². The molecule has 2 heterocycles. The maximum Gasteiger partial charge on any atom is 0.136 e. The van der Waals surface area contributed by atoms with Crippen LogP contribution >= 0.6 is 11.6 Å². The van der Waals surface area contributed by atoms with Crippen LogP contribution in [0.4, 0.5) is 11.6 Å². The van der Waals surface area contributed by atoms with Gasteiger partial charge < -0.3 is 10.2 Å². The average molecular weight is 343 g/mol. The van der Waals surface area contributed by atoms with Crippen molar-refractivity contribution in [1.29, 1.82) is 0 Å². The van der Waals surface area contributed by atoms with E-state index in [0.29, 0.717) is 12.0 Å². The standard InChI is InChI=1S/C19H23ClN4/c1-12(2)21-17-10-18(23-19(22-17)13-3-4-13)24-8-7-14-9-16(20)6-5-15(14)11-24/h5-6,9-10,12-13H,3-4,7-8,11H2,1-2H3,(H,21,22,23). The third-order valence-corrected chi connectivity index (χ3v) is 4.85. The van der Waals surface area contributed by atoms with Gasteiger partial charge in [0.25, 0.3) is 0 Å². The Bertz CT molecular complexity index is 755. The molecule has 5 heteroatoms. The molecule has 24 heavy (non-hydrogen) atoms. The first-order valence-corrected chi connectivity index (χ1v) is 9.14. The Morgan fingerprint density at radius 1 is 1.17 bits per heavy atom. The monoisotopic (exact) mass is 342 g/mol. The summed E-state index contributed by atoms with van der Waals surface area (Å²) >= 11 is 6.12. The minimum absolute atomic E-state index is 0.365. The Morgan fingerprint density at radius 2 is 2.00 bits per heavy atom. The summed E-state index contributed by atoms with van der Waals surface area (Å²) in [4.78, 5) is 11.9. The van der Waals surface area contributed by atoms with Gasteiger partial charge in [-0.15, -0.1) is 0 Å². The third kappa shape index (κ3) is 3.34. The van der Waals surface area contributed by atoms with Crippen LogP contribution in [0.2, 0.25) is 5.02 Å². The van der Waals surface area contributed by atoms with Gasteiger partial charge in [-0.25, -0.2) is 9.97 Å². The summed E-state index contributed by atoms with van der Waals surface area (Å²) in [6, 6.07) is 8.66. The number of aromatic nitrogens is 2. The fourth-order valence-electron chi connectivity index (χ4n) is 3.23. The van der Waals surface area contributed by atoms with Gasteiger partial charge in [0.15, 0.2) is 0 Å². The fraction of sp³-hybridized carbons (Fsp3) is 0.474. The molecule has 1 saturated carbocycles. The third-order valence-electron chi connectivity index (χ3n) is 4.61. The molecular formula is C19H23ClN4. The molecule has 2 aliphatic rings. The van der Waals surface area contributed by atoms with E-state index in [-0.39, 0.29) is 0 Å². The van der Waals surface area contributed by atoms with Crippen LogP contribution in [0, 0.1) is 0 Å². The second-order valence-corrected chi connectivity index (χ2v) is 7.56. The topological polar surface area (TPSA) is 41.0 Å². The summed E-state index contributed by atoms with van der Waals surface area (Å²) in [6.07, 6.45) is 3.43. The van der Waals surface area contributed by atoms with E-state index in [1.165, 1.54) is 24.0 Å². The zero-order valence-electron chi connectivity index (χ0n) is 14.2. The summed E-state index contributed by atoms with van der Waals surface area (Å²) in [6.45, 7) is 6.13. The molecule has 0 spiro atoms. The molecule has 0 bridgehead atoms. The molecule has 0 radical (unpaired) electrons. The normalized spacial score (nSPS) is 17.1. The van der Waals surface area contributed by atoms with Crippen LogP contribution in [-0.4, -0.2) is 22.6 Å². The molecule has 0 atom stereocenters. The maximum absolute atomic E-state index is 6.12. The summed E-state index contributed by atoms with van der Waals surface area (Å²) in [5.74, 6) is 3.53. The van der Waals surface area contributed by atoms with Crippen molar-refractivity contribution in [2.75, 3.05) is 16.8 Å². The molecule has 4 rings (SSSR count). The minimum atomic E-state index is 0.365. The first kappa shape index (κ1) is 15.7. The van der Waals surface area contributed by atoms with Gasteiger partial charge in [0.05, 0.1) is 0 Å². The van der Waals surface area contributed by atoms with Crippen molar-refractivity contribution >= 4 is 23.2 Å². The second-order valence-electron chi connectivity index (χ2n) is 7.13. The van der Waals surface area contributed by atoms with Crippen molar-refractivity contribution in [3.63, 3.8) is 0 Å². The zero-order valence-corrected chi connectivity index (χ0v) is 15.0. The summed E-state index contributed by atoms with van der Waals surface area (Å²) in [7, 11) is 0. The number of fused-ring (bicyclic) bond motifs is 1. The smallest absolute Gasteiger partial charge is 0.136 e. The quantitative estimate of drug-likeness (QED) is 0.894. The predicted molar refractivity (Wildman–Crippen MR) is 99.0 cm³/mol. The van der Waals surface area contributed by atoms with E-state index >= 15 is 0 Å². The average Bonchev–Trinajstić information content (AvgIpc) is 3.38. The molecule has 1 aromatic heterocycles. The maximum atomic E-state index is 6.12. The molecule has 0 amide bonds. The van der Waals surface area contributed by atoms with E-state index in [0.717, 1.165) is 42.0 Å². The largest absolute Gasteiger partial charge is 0.368 e. The van der Waals surface area contributed by atoms with Crippen molar-refractivity contribution in [3.8, 4) is 0 Å². The molecule has 4 nitrogen and oxygen atoms in total. The molecule has 0 saturated heterocycles. The van der Waals surface area contributed by atoms with Gasteiger partial charge in [-0.2, -0.15) is 0 Å². The van der Waals surface area contributed by atoms with Crippen molar-refractivity contribution in [2.45, 2.75) is 51.6 Å². The molecule has 126 valence electrons. The highest BCUT2D eigenvalue weighted by Crippen LogP contribution is 2.39. The fourth-order valence-corrected chi connectivity index (χ4v) is 3.42. The van der Waals surface area contributed by atoms with Crippen molar-refractivity contribution in [3.05, 3.63) is 46.2 Å². The molecule has 1 fully saturated rings. The number of anilines is 2. The lowest BCUT2D eigenvalue weighted by atomic mass is 10.00. The SMILES string of the molecule is CC(C)Nc1cc(N2CCc3cc(Cl)ccc3C2)nc(C2CC2)n1. The molecule has 1 aliphatic carbocycles. The highest BCUT2D eigenvalue weighted by atomic mass is 35.5. The highest BCUT2D eigenvalue weighted by Gasteiger charge is 2.28. The summed E-state index contributed by atoms with van der Waals surface area (Å²) in [5, 5.41) is 4.26. The van der Waals surface area contributed by atoms with Gasteiger partial charge >= 0.3 is 0 Å². The van der Waals surface area contributed by atoms with Crippen LogP contribution < -0.4 is 10.2 Å². The van der Waals surface area contributed by atoms with Crippen molar-refractivity contribution < 1.29 is 0 Å². The molecule has 1 aliphatic heterocycles. The van der Waals surface area contributed by atoms with Crippen LogP contribution in [0.5, 0.6) is 0 Å². The summed E-state index contributed by atoms with van der Waals surface area (Å²) < 4.78 is 0. The lowest BCUT2D eigenvalue weighted by molar-refractivity contribution is 0.713. The van der Waals surface area contributed by atoms with E-state index in [2.05, 4.69) is 42.3 Å². The van der Waals surface area contributed by atoms with Gasteiger partial charge in [0, 0.05) is 36.1 Å². The Hall–Kier alpha value is -1.81. The van der Waals surface area contributed by atoms with Crippen LogP contribution in [0.1, 0.15) is 49.6 Å². The molecular weight excluding hydrogens is 320 g/mol. The van der Waals surface area contributed by atoms with Gasteiger partial charge in [0.1, 0.15) is 17.5 Å². The van der Waals surface area contributed by atoms with E-state index in [1.54, 1.807) is 0 Å². The number of rotatable bonds is 4. The second kappa shape index (κ2) is 6.25. The molecule has 1 N–H and O–H groups in total. The summed E-state index contributed by atoms with van der Waals surface area (Å²) in [5.41, 5.74) is 2.70. The number of benzene rings is 1. The first-order chi connectivity index (χ1) is 11.6. The van der Waals surface area contributed by atoms with Crippen LogP contribution in [0.25, 0.3) is 0 Å². The number of hydrogen-bond acceptors (Lipinski definition) is 4. The minimum Gasteiger partial charge on any atom is -0.368 e. The van der Waals surface area contributed by atoms with Crippen LogP contribution in [0.3, 0.4) is 0 Å². The molecule has 2 aromatic rings. The Morgan fingerprint density at radius 3 is 2.75 bits per heavy atom. The predicted octanol–water partition coefficient (Wildman–Crippen LogP) is 4.39. The van der Waals surface area contributed by atoms with E-state index in [9.17, 15) is 0 Å². The van der Waals surface area contributed by atoms with Gasteiger partial charge in [-0.3, -0.25) is 0 Å². The number of nitrogens with one attached hydrogen (secondary N) is 1. The van der Waals surface area contributed by atoms with Gasteiger partial charge in [0.2, 0.25) is 0 Å². The van der Waals surface area contributed by atoms with Gasteiger partial charge in [-0.05, 0) is 56.4 Å². The van der Waals surface area contributed by atoms with Crippen LogP contribution in [0.15, 0.2) is 24.3 Å². The lowest BCUT2D eigenvalue weighted by Crippen LogP contribution is -2.31. The van der Waals surface area contributed by atoms with E-state index in [4.69, 9.17) is 21.6 Å². The lowest BCUT2D eigenvalue weighted by Gasteiger charge is -2.30. The van der Waals surface area contributed by atoms with Gasteiger partial charge in [-0.1, -0.05) is 17.7 Å². The van der Waals surface area contributed by atoms with Crippen molar-refractivity contribution in [2.24, 2.45) is 0 Å². The Labute approximate surface area is 148 Å². The molecule has 1 aromatic carbocycles.